The average molecular weight is 186 g/mol. The number of aliphatic hydroxyl groups is 1. The quantitative estimate of drug-likeness (QED) is 0.614. The van der Waals surface area contributed by atoms with E-state index in [4.69, 9.17) is 9.47 Å². The second-order valence-electron chi connectivity index (χ2n) is 4.09. The van der Waals surface area contributed by atoms with Crippen LogP contribution in [0.25, 0.3) is 0 Å². The van der Waals surface area contributed by atoms with E-state index < -0.39 is 11.0 Å². The van der Waals surface area contributed by atoms with Crippen molar-refractivity contribution in [1.29, 1.82) is 0 Å². The van der Waals surface area contributed by atoms with Crippen LogP contribution in [0.2, 0.25) is 0 Å². The first-order valence-corrected chi connectivity index (χ1v) is 4.45. The first kappa shape index (κ1) is 8.97. The molecule has 2 aliphatic rings. The van der Waals surface area contributed by atoms with Crippen LogP contribution in [-0.2, 0) is 14.3 Å². The van der Waals surface area contributed by atoms with Gasteiger partial charge in [0.2, 0.25) is 0 Å². The van der Waals surface area contributed by atoms with Crippen molar-refractivity contribution >= 4 is 5.97 Å². The SMILES string of the molecule is COC(=O)C1(C2(O)COC2)CC1C. The zero-order valence-electron chi connectivity index (χ0n) is 7.87. The largest absolute Gasteiger partial charge is 0.468 e. The van der Waals surface area contributed by atoms with Crippen LogP contribution in [0.4, 0.5) is 0 Å². The lowest BCUT2D eigenvalue weighted by molar-refractivity contribution is -0.225. The average Bonchev–Trinajstić information content (AvgIpc) is 2.73. The highest BCUT2D eigenvalue weighted by Crippen LogP contribution is 2.61. The van der Waals surface area contributed by atoms with Gasteiger partial charge in [-0.2, -0.15) is 0 Å². The Kier molecular flexibility index (Phi) is 1.69. The van der Waals surface area contributed by atoms with Crippen molar-refractivity contribution in [2.45, 2.75) is 18.9 Å². The van der Waals surface area contributed by atoms with Crippen LogP contribution in [-0.4, -0.2) is 37.0 Å². The summed E-state index contributed by atoms with van der Waals surface area (Å²) < 4.78 is 9.66. The van der Waals surface area contributed by atoms with Crippen molar-refractivity contribution in [3.05, 3.63) is 0 Å². The van der Waals surface area contributed by atoms with Crippen molar-refractivity contribution in [2.24, 2.45) is 11.3 Å². The lowest BCUT2D eigenvalue weighted by Gasteiger charge is -2.42. The number of rotatable bonds is 2. The molecule has 0 aromatic heterocycles. The van der Waals surface area contributed by atoms with Gasteiger partial charge in [0.1, 0.15) is 11.0 Å². The summed E-state index contributed by atoms with van der Waals surface area (Å²) in [6.45, 7) is 2.46. The molecule has 1 heterocycles. The molecule has 1 N–H and O–H groups in total. The first-order valence-electron chi connectivity index (χ1n) is 4.45. The number of hydrogen-bond acceptors (Lipinski definition) is 4. The molecule has 0 aromatic carbocycles. The molecule has 1 aliphatic heterocycles. The topological polar surface area (TPSA) is 55.8 Å². The van der Waals surface area contributed by atoms with Crippen molar-refractivity contribution < 1.29 is 19.4 Å². The highest BCUT2D eigenvalue weighted by Gasteiger charge is 2.72. The van der Waals surface area contributed by atoms with Gasteiger partial charge in [-0.3, -0.25) is 4.79 Å². The maximum Gasteiger partial charge on any atom is 0.315 e. The zero-order valence-corrected chi connectivity index (χ0v) is 7.87. The third kappa shape index (κ3) is 0.901. The maximum absolute atomic E-state index is 11.5. The molecule has 74 valence electrons. The van der Waals surface area contributed by atoms with Crippen molar-refractivity contribution in [1.82, 2.24) is 0 Å². The number of esters is 1. The molecule has 2 unspecified atom stereocenters. The Morgan fingerprint density at radius 2 is 2.15 bits per heavy atom. The molecule has 2 atom stereocenters. The van der Waals surface area contributed by atoms with Gasteiger partial charge in [0.25, 0.3) is 0 Å². The molecule has 0 amide bonds. The van der Waals surface area contributed by atoms with E-state index in [9.17, 15) is 9.90 Å². The van der Waals surface area contributed by atoms with Crippen molar-refractivity contribution in [3.63, 3.8) is 0 Å². The third-order valence-corrected chi connectivity index (χ3v) is 3.37. The van der Waals surface area contributed by atoms with E-state index in [1.807, 2.05) is 6.92 Å². The number of hydrogen-bond donors (Lipinski definition) is 1. The predicted molar refractivity (Wildman–Crippen MR) is 44.0 cm³/mol. The van der Waals surface area contributed by atoms with Crippen LogP contribution in [0, 0.1) is 11.3 Å². The number of methoxy groups -OCH3 is 1. The molecule has 4 heteroatoms. The molecule has 13 heavy (non-hydrogen) atoms. The van der Waals surface area contributed by atoms with Gasteiger partial charge in [0.15, 0.2) is 0 Å². The molecule has 0 spiro atoms. The predicted octanol–water partition coefficient (Wildman–Crippen LogP) is -0.0531. The van der Waals surface area contributed by atoms with E-state index >= 15 is 0 Å². The van der Waals surface area contributed by atoms with Gasteiger partial charge in [0, 0.05) is 0 Å². The van der Waals surface area contributed by atoms with E-state index in [2.05, 4.69) is 0 Å². The van der Waals surface area contributed by atoms with Crippen LogP contribution in [0.5, 0.6) is 0 Å². The Balaban J connectivity index is 2.22. The molecule has 2 rings (SSSR count). The lowest BCUT2D eigenvalue weighted by atomic mass is 9.80. The normalized spacial score (nSPS) is 40.7. The Morgan fingerprint density at radius 3 is 2.38 bits per heavy atom. The van der Waals surface area contributed by atoms with Gasteiger partial charge in [0.05, 0.1) is 20.3 Å². The van der Waals surface area contributed by atoms with Crippen LogP contribution in [0.15, 0.2) is 0 Å². The Labute approximate surface area is 76.8 Å². The maximum atomic E-state index is 11.5. The minimum absolute atomic E-state index is 0.203. The van der Waals surface area contributed by atoms with Crippen LogP contribution >= 0.6 is 0 Å². The molecule has 4 nitrogen and oxygen atoms in total. The molecular weight excluding hydrogens is 172 g/mol. The fourth-order valence-electron chi connectivity index (χ4n) is 2.28. The summed E-state index contributed by atoms with van der Waals surface area (Å²) in [6, 6.07) is 0. The van der Waals surface area contributed by atoms with Crippen molar-refractivity contribution in [3.8, 4) is 0 Å². The van der Waals surface area contributed by atoms with Gasteiger partial charge in [-0.1, -0.05) is 6.92 Å². The van der Waals surface area contributed by atoms with E-state index in [1.54, 1.807) is 0 Å². The lowest BCUT2D eigenvalue weighted by Crippen LogP contribution is -2.60. The van der Waals surface area contributed by atoms with Crippen LogP contribution in [0.3, 0.4) is 0 Å². The monoisotopic (exact) mass is 186 g/mol. The Bertz CT molecular complexity index is 246. The Hall–Kier alpha value is -0.610. The minimum atomic E-state index is -0.973. The van der Waals surface area contributed by atoms with Crippen LogP contribution < -0.4 is 0 Å². The smallest absolute Gasteiger partial charge is 0.315 e. The molecule has 0 aromatic rings. The molecule has 0 bridgehead atoms. The fraction of sp³-hybridized carbons (Fsp3) is 0.889. The van der Waals surface area contributed by atoms with E-state index in [1.165, 1.54) is 7.11 Å². The summed E-state index contributed by atoms with van der Waals surface area (Å²) in [7, 11) is 1.36. The minimum Gasteiger partial charge on any atom is -0.468 e. The highest BCUT2D eigenvalue weighted by atomic mass is 16.6. The third-order valence-electron chi connectivity index (χ3n) is 3.37. The van der Waals surface area contributed by atoms with Gasteiger partial charge in [-0.15, -0.1) is 0 Å². The summed E-state index contributed by atoms with van der Waals surface area (Å²) in [5.41, 5.74) is -1.65. The number of ether oxygens (including phenoxy) is 2. The summed E-state index contributed by atoms with van der Waals surface area (Å²) in [4.78, 5) is 11.5. The number of carbonyl (C=O) groups is 1. The van der Waals surface area contributed by atoms with Gasteiger partial charge < -0.3 is 14.6 Å². The second-order valence-corrected chi connectivity index (χ2v) is 4.09. The fourth-order valence-corrected chi connectivity index (χ4v) is 2.28. The van der Waals surface area contributed by atoms with Gasteiger partial charge in [-0.05, 0) is 12.3 Å². The summed E-state index contributed by atoms with van der Waals surface area (Å²) in [5.74, 6) is -0.0975. The summed E-state index contributed by atoms with van der Waals surface area (Å²) in [6.07, 6.45) is 0.708. The summed E-state index contributed by atoms with van der Waals surface area (Å²) in [5, 5.41) is 10.0. The molecule has 1 saturated carbocycles. The van der Waals surface area contributed by atoms with E-state index in [0.717, 1.165) is 0 Å². The molecule has 1 aliphatic carbocycles. The van der Waals surface area contributed by atoms with Gasteiger partial charge in [-0.25, -0.2) is 0 Å². The van der Waals surface area contributed by atoms with Gasteiger partial charge >= 0.3 is 5.97 Å². The molecule has 1 saturated heterocycles. The second kappa shape index (κ2) is 2.45. The van der Waals surface area contributed by atoms with E-state index in [-0.39, 0.29) is 25.1 Å². The summed E-state index contributed by atoms with van der Waals surface area (Å²) >= 11 is 0. The molecule has 0 radical (unpaired) electrons. The highest BCUT2D eigenvalue weighted by molar-refractivity contribution is 5.82. The first-order chi connectivity index (χ1) is 6.07. The Morgan fingerprint density at radius 1 is 1.62 bits per heavy atom. The van der Waals surface area contributed by atoms with E-state index in [0.29, 0.717) is 6.42 Å². The van der Waals surface area contributed by atoms with Crippen molar-refractivity contribution in [2.75, 3.05) is 20.3 Å². The van der Waals surface area contributed by atoms with Crippen LogP contribution in [0.1, 0.15) is 13.3 Å². The number of carbonyl (C=O) groups excluding carboxylic acids is 1. The molecular formula is C9H14O4. The standard InChI is InChI=1S/C9H14O4/c1-6-3-9(6,7(10)12-2)8(11)4-13-5-8/h6,11H,3-5H2,1-2H3. The molecule has 2 fully saturated rings. The zero-order chi connectivity index (χ0) is 9.69.